The first-order chi connectivity index (χ1) is 13.9. The first kappa shape index (κ1) is 22.2. The Labute approximate surface area is 174 Å². The van der Waals surface area contributed by atoms with Crippen LogP contribution in [0.4, 0.5) is 0 Å². The molecule has 4 heteroatoms. The highest BCUT2D eigenvalue weighted by molar-refractivity contribution is 5.30. The summed E-state index contributed by atoms with van der Waals surface area (Å²) in [6.45, 7) is 14.2. The molecule has 2 aromatic carbocycles. The van der Waals surface area contributed by atoms with Crippen molar-refractivity contribution in [1.29, 1.82) is 0 Å². The summed E-state index contributed by atoms with van der Waals surface area (Å²) in [7, 11) is 1.53. The lowest BCUT2D eigenvalue weighted by Crippen LogP contribution is -2.32. The van der Waals surface area contributed by atoms with Gasteiger partial charge in [-0.15, -0.1) is 0 Å². The smallest absolute Gasteiger partial charge is 0.276 e. The summed E-state index contributed by atoms with van der Waals surface area (Å²) in [4.78, 5) is 0. The zero-order chi connectivity index (χ0) is 21.2. The maximum absolute atomic E-state index is 9.40. The number of ether oxygens (including phenoxy) is 2. The van der Waals surface area contributed by atoms with Crippen molar-refractivity contribution >= 4 is 0 Å². The zero-order valence-electron chi connectivity index (χ0n) is 17.4. The van der Waals surface area contributed by atoms with Gasteiger partial charge in [0.05, 0.1) is 13.2 Å². The number of phenols is 1. The minimum Gasteiger partial charge on any atom is -0.508 e. The Hall–Kier alpha value is -3.14. The largest absolute Gasteiger partial charge is 0.508 e. The van der Waals surface area contributed by atoms with Crippen LogP contribution in [-0.2, 0) is 17.6 Å². The molecule has 0 saturated heterocycles. The van der Waals surface area contributed by atoms with Gasteiger partial charge in [0.25, 0.3) is 5.95 Å². The number of benzene rings is 2. The van der Waals surface area contributed by atoms with E-state index >= 15 is 0 Å². The summed E-state index contributed by atoms with van der Waals surface area (Å²) in [5.74, 6) is 1.24. The van der Waals surface area contributed by atoms with Gasteiger partial charge in [-0.25, -0.2) is 0 Å². The van der Waals surface area contributed by atoms with Crippen LogP contribution in [0, 0.1) is 0 Å². The summed E-state index contributed by atoms with van der Waals surface area (Å²) < 4.78 is 10.4. The van der Waals surface area contributed by atoms with Gasteiger partial charge in [0, 0.05) is 5.70 Å². The van der Waals surface area contributed by atoms with Crippen molar-refractivity contribution in [2.45, 2.75) is 38.6 Å². The standard InChI is InChI=1S/C25H31NO3/c1-6-18(2)25(17-22-11-15-24(16-12-22)29-20(4)28-5)26-19(3)7-8-21-9-13-23(27)14-10-21/h9-16,25-27H,2-4,6-8,17H2,1,5H3. The Balaban J connectivity index is 1.94. The molecule has 1 atom stereocenters. The average Bonchev–Trinajstić information content (AvgIpc) is 2.73. The fourth-order valence-corrected chi connectivity index (χ4v) is 2.92. The van der Waals surface area contributed by atoms with E-state index < -0.39 is 0 Å². The molecule has 0 amide bonds. The van der Waals surface area contributed by atoms with Crippen molar-refractivity contribution in [3.05, 3.63) is 96.6 Å². The highest BCUT2D eigenvalue weighted by atomic mass is 16.7. The number of rotatable bonds is 12. The topological polar surface area (TPSA) is 50.7 Å². The molecule has 2 aromatic rings. The summed E-state index contributed by atoms with van der Waals surface area (Å²) in [6.07, 6.45) is 3.41. The highest BCUT2D eigenvalue weighted by Crippen LogP contribution is 2.19. The van der Waals surface area contributed by atoms with Gasteiger partial charge in [-0.1, -0.05) is 49.9 Å². The van der Waals surface area contributed by atoms with Crippen molar-refractivity contribution in [3.63, 3.8) is 0 Å². The number of hydrogen-bond donors (Lipinski definition) is 2. The molecule has 2 rings (SSSR count). The van der Waals surface area contributed by atoms with Gasteiger partial charge in [0.1, 0.15) is 11.5 Å². The van der Waals surface area contributed by atoms with E-state index in [1.165, 1.54) is 18.2 Å². The van der Waals surface area contributed by atoms with Crippen LogP contribution >= 0.6 is 0 Å². The second kappa shape index (κ2) is 11.0. The molecule has 29 heavy (non-hydrogen) atoms. The van der Waals surface area contributed by atoms with Crippen molar-refractivity contribution in [1.82, 2.24) is 5.32 Å². The Morgan fingerprint density at radius 1 is 1.00 bits per heavy atom. The highest BCUT2D eigenvalue weighted by Gasteiger charge is 2.13. The molecular weight excluding hydrogens is 362 g/mol. The Morgan fingerprint density at radius 3 is 2.21 bits per heavy atom. The summed E-state index contributed by atoms with van der Waals surface area (Å²) in [5, 5.41) is 12.9. The lowest BCUT2D eigenvalue weighted by atomic mass is 9.97. The lowest BCUT2D eigenvalue weighted by molar-refractivity contribution is 0.154. The van der Waals surface area contributed by atoms with Crippen LogP contribution < -0.4 is 10.1 Å². The van der Waals surface area contributed by atoms with E-state index in [1.54, 1.807) is 12.1 Å². The van der Waals surface area contributed by atoms with Gasteiger partial charge >= 0.3 is 0 Å². The van der Waals surface area contributed by atoms with Crippen molar-refractivity contribution in [2.24, 2.45) is 0 Å². The molecule has 4 nitrogen and oxygen atoms in total. The third kappa shape index (κ3) is 7.41. The van der Waals surface area contributed by atoms with E-state index in [-0.39, 0.29) is 17.7 Å². The normalized spacial score (nSPS) is 11.4. The van der Waals surface area contributed by atoms with E-state index in [2.05, 4.69) is 32.0 Å². The van der Waals surface area contributed by atoms with E-state index in [0.717, 1.165) is 37.0 Å². The number of nitrogens with one attached hydrogen (secondary N) is 1. The zero-order valence-corrected chi connectivity index (χ0v) is 17.4. The number of aromatic hydroxyl groups is 1. The van der Waals surface area contributed by atoms with Crippen LogP contribution in [0.25, 0.3) is 0 Å². The molecule has 1 unspecified atom stereocenters. The molecule has 0 aliphatic carbocycles. The van der Waals surface area contributed by atoms with Gasteiger partial charge in [-0.3, -0.25) is 0 Å². The van der Waals surface area contributed by atoms with E-state index in [4.69, 9.17) is 9.47 Å². The number of allylic oxidation sites excluding steroid dienone is 1. The van der Waals surface area contributed by atoms with Crippen LogP contribution in [0.15, 0.2) is 85.5 Å². The first-order valence-electron chi connectivity index (χ1n) is 9.80. The molecule has 0 bridgehead atoms. The fraction of sp³-hybridized carbons (Fsp3) is 0.280. The first-order valence-corrected chi connectivity index (χ1v) is 9.80. The third-order valence-corrected chi connectivity index (χ3v) is 4.80. The number of phenolic OH excluding ortho intramolecular Hbond substituents is 1. The Kier molecular flexibility index (Phi) is 8.41. The molecule has 0 aromatic heterocycles. The monoisotopic (exact) mass is 393 g/mol. The summed E-state index contributed by atoms with van der Waals surface area (Å²) >= 11 is 0. The molecule has 2 N–H and O–H groups in total. The molecule has 0 radical (unpaired) electrons. The third-order valence-electron chi connectivity index (χ3n) is 4.80. The SMILES string of the molecule is C=C(CCc1ccc(O)cc1)NC(Cc1ccc(OC(=C)OC)cc1)C(=C)CC. The van der Waals surface area contributed by atoms with Crippen LogP contribution in [0.5, 0.6) is 11.5 Å². The fourth-order valence-electron chi connectivity index (χ4n) is 2.92. The second-order valence-electron chi connectivity index (χ2n) is 7.00. The van der Waals surface area contributed by atoms with Gasteiger partial charge in [-0.05, 0) is 67.7 Å². The number of hydrogen-bond acceptors (Lipinski definition) is 4. The van der Waals surface area contributed by atoms with Gasteiger partial charge in [0.15, 0.2) is 0 Å². The van der Waals surface area contributed by atoms with Gasteiger partial charge in [-0.2, -0.15) is 0 Å². The van der Waals surface area contributed by atoms with Gasteiger partial charge < -0.3 is 19.9 Å². The second-order valence-corrected chi connectivity index (χ2v) is 7.00. The van der Waals surface area contributed by atoms with E-state index in [1.807, 2.05) is 36.4 Å². The van der Waals surface area contributed by atoms with Crippen LogP contribution in [0.1, 0.15) is 30.9 Å². The predicted octanol–water partition coefficient (Wildman–Crippen LogP) is 5.50. The molecule has 0 heterocycles. The molecule has 0 fully saturated rings. The Morgan fingerprint density at radius 2 is 1.62 bits per heavy atom. The van der Waals surface area contributed by atoms with E-state index in [0.29, 0.717) is 5.75 Å². The maximum Gasteiger partial charge on any atom is 0.276 e. The number of methoxy groups -OCH3 is 1. The lowest BCUT2D eigenvalue weighted by Gasteiger charge is -2.23. The predicted molar refractivity (Wildman–Crippen MR) is 119 cm³/mol. The van der Waals surface area contributed by atoms with Crippen molar-refractivity contribution in [3.8, 4) is 11.5 Å². The van der Waals surface area contributed by atoms with Crippen LogP contribution in [-0.4, -0.2) is 18.3 Å². The minimum absolute atomic E-state index is 0.119. The molecule has 0 saturated carbocycles. The molecule has 0 spiro atoms. The van der Waals surface area contributed by atoms with Crippen molar-refractivity contribution < 1.29 is 14.6 Å². The summed E-state index contributed by atoms with van der Waals surface area (Å²) in [5.41, 5.74) is 4.47. The molecular formula is C25H31NO3. The molecule has 0 aliphatic heterocycles. The maximum atomic E-state index is 9.40. The average molecular weight is 394 g/mol. The molecule has 154 valence electrons. The minimum atomic E-state index is 0.119. The van der Waals surface area contributed by atoms with Gasteiger partial charge in [0.2, 0.25) is 0 Å². The Bertz CT molecular complexity index is 822. The molecule has 0 aliphatic rings. The van der Waals surface area contributed by atoms with Crippen LogP contribution in [0.3, 0.4) is 0 Å². The summed E-state index contributed by atoms with van der Waals surface area (Å²) in [6, 6.07) is 15.3. The number of aryl methyl sites for hydroxylation is 1. The van der Waals surface area contributed by atoms with Crippen molar-refractivity contribution in [2.75, 3.05) is 7.11 Å². The van der Waals surface area contributed by atoms with E-state index in [9.17, 15) is 5.11 Å². The quantitative estimate of drug-likeness (QED) is 0.369. The van der Waals surface area contributed by atoms with Crippen LogP contribution in [0.2, 0.25) is 0 Å².